The van der Waals surface area contributed by atoms with Crippen LogP contribution in [-0.2, 0) is 6.54 Å². The SMILES string of the molecule is COc1cccc2cc(C(=O)NCCCn3ccnc3)oc12. The van der Waals surface area contributed by atoms with Crippen molar-refractivity contribution in [2.75, 3.05) is 13.7 Å². The van der Waals surface area contributed by atoms with Gasteiger partial charge in [0.2, 0.25) is 0 Å². The molecule has 1 N–H and O–H groups in total. The molecule has 0 spiro atoms. The fourth-order valence-electron chi connectivity index (χ4n) is 2.28. The third-order valence-electron chi connectivity index (χ3n) is 3.39. The van der Waals surface area contributed by atoms with Gasteiger partial charge in [0.05, 0.1) is 13.4 Å². The molecule has 0 radical (unpaired) electrons. The molecule has 0 aliphatic rings. The number of aryl methyl sites for hydroxylation is 1. The highest BCUT2D eigenvalue weighted by molar-refractivity contribution is 5.97. The Morgan fingerprint density at radius 1 is 1.45 bits per heavy atom. The number of carbonyl (C=O) groups is 1. The van der Waals surface area contributed by atoms with Gasteiger partial charge in [-0.05, 0) is 18.6 Å². The van der Waals surface area contributed by atoms with Crippen LogP contribution in [0.1, 0.15) is 17.0 Å². The van der Waals surface area contributed by atoms with Crippen molar-refractivity contribution < 1.29 is 13.9 Å². The maximum Gasteiger partial charge on any atom is 0.287 e. The second-order valence-corrected chi connectivity index (χ2v) is 4.90. The zero-order valence-corrected chi connectivity index (χ0v) is 12.3. The van der Waals surface area contributed by atoms with Crippen LogP contribution in [0.25, 0.3) is 11.0 Å². The minimum atomic E-state index is -0.219. The molecular weight excluding hydrogens is 282 g/mol. The van der Waals surface area contributed by atoms with Gasteiger partial charge in [0.25, 0.3) is 5.91 Å². The molecule has 3 aromatic rings. The van der Waals surface area contributed by atoms with E-state index in [1.807, 2.05) is 22.9 Å². The van der Waals surface area contributed by atoms with Crippen LogP contribution in [0.2, 0.25) is 0 Å². The highest BCUT2D eigenvalue weighted by Crippen LogP contribution is 2.28. The van der Waals surface area contributed by atoms with Crippen molar-refractivity contribution in [1.29, 1.82) is 0 Å². The van der Waals surface area contributed by atoms with Crippen molar-refractivity contribution >= 4 is 16.9 Å². The van der Waals surface area contributed by atoms with Crippen LogP contribution in [0.3, 0.4) is 0 Å². The minimum absolute atomic E-state index is 0.219. The van der Waals surface area contributed by atoms with Crippen molar-refractivity contribution in [3.8, 4) is 5.75 Å². The fraction of sp³-hybridized carbons (Fsp3) is 0.250. The molecule has 0 saturated carbocycles. The first-order valence-corrected chi connectivity index (χ1v) is 7.08. The Balaban J connectivity index is 1.60. The summed E-state index contributed by atoms with van der Waals surface area (Å²) in [4.78, 5) is 16.1. The molecule has 2 heterocycles. The molecule has 22 heavy (non-hydrogen) atoms. The van der Waals surface area contributed by atoms with E-state index in [9.17, 15) is 4.79 Å². The van der Waals surface area contributed by atoms with E-state index < -0.39 is 0 Å². The normalized spacial score (nSPS) is 10.8. The van der Waals surface area contributed by atoms with E-state index in [1.165, 1.54) is 0 Å². The van der Waals surface area contributed by atoms with E-state index in [-0.39, 0.29) is 5.91 Å². The summed E-state index contributed by atoms with van der Waals surface area (Å²) in [5, 5.41) is 3.70. The number of fused-ring (bicyclic) bond motifs is 1. The lowest BCUT2D eigenvalue weighted by Gasteiger charge is -2.04. The lowest BCUT2D eigenvalue weighted by Crippen LogP contribution is -2.24. The van der Waals surface area contributed by atoms with Gasteiger partial charge >= 0.3 is 0 Å². The Labute approximate surface area is 127 Å². The zero-order chi connectivity index (χ0) is 15.4. The topological polar surface area (TPSA) is 69.3 Å². The maximum atomic E-state index is 12.1. The summed E-state index contributed by atoms with van der Waals surface area (Å²) in [5.74, 6) is 0.697. The number of hydrogen-bond acceptors (Lipinski definition) is 4. The predicted octanol–water partition coefficient (Wildman–Crippen LogP) is 2.46. The summed E-state index contributed by atoms with van der Waals surface area (Å²) in [7, 11) is 1.58. The first kappa shape index (κ1) is 14.2. The number of carbonyl (C=O) groups excluding carboxylic acids is 1. The van der Waals surface area contributed by atoms with Crippen molar-refractivity contribution in [2.24, 2.45) is 0 Å². The van der Waals surface area contributed by atoms with Crippen molar-refractivity contribution in [3.63, 3.8) is 0 Å². The Kier molecular flexibility index (Phi) is 4.09. The number of methoxy groups -OCH3 is 1. The molecule has 6 nitrogen and oxygen atoms in total. The van der Waals surface area contributed by atoms with Gasteiger partial charge in [-0.3, -0.25) is 4.79 Å². The molecule has 0 saturated heterocycles. The summed E-state index contributed by atoms with van der Waals surface area (Å²) in [6, 6.07) is 7.28. The smallest absolute Gasteiger partial charge is 0.287 e. The van der Waals surface area contributed by atoms with Gasteiger partial charge in [-0.2, -0.15) is 0 Å². The number of ether oxygens (including phenoxy) is 1. The van der Waals surface area contributed by atoms with E-state index in [4.69, 9.17) is 9.15 Å². The van der Waals surface area contributed by atoms with Gasteiger partial charge in [-0.1, -0.05) is 12.1 Å². The third kappa shape index (κ3) is 2.95. The molecule has 2 aromatic heterocycles. The van der Waals surface area contributed by atoms with Crippen LogP contribution in [0, 0.1) is 0 Å². The molecule has 0 atom stereocenters. The van der Waals surface area contributed by atoms with Gasteiger partial charge in [-0.15, -0.1) is 0 Å². The molecule has 114 valence electrons. The molecule has 0 aliphatic carbocycles. The Morgan fingerprint density at radius 2 is 2.36 bits per heavy atom. The van der Waals surface area contributed by atoms with E-state index in [0.29, 0.717) is 23.6 Å². The number of furan rings is 1. The van der Waals surface area contributed by atoms with Gasteiger partial charge in [0, 0.05) is 30.9 Å². The summed E-state index contributed by atoms with van der Waals surface area (Å²) in [5.41, 5.74) is 0.591. The van der Waals surface area contributed by atoms with Crippen molar-refractivity contribution in [1.82, 2.24) is 14.9 Å². The lowest BCUT2D eigenvalue weighted by atomic mass is 10.2. The van der Waals surface area contributed by atoms with Crippen LogP contribution in [-0.4, -0.2) is 29.1 Å². The molecule has 6 heteroatoms. The molecule has 0 bridgehead atoms. The molecule has 3 rings (SSSR count). The van der Waals surface area contributed by atoms with E-state index in [1.54, 1.807) is 31.8 Å². The highest BCUT2D eigenvalue weighted by atomic mass is 16.5. The van der Waals surface area contributed by atoms with E-state index in [2.05, 4.69) is 10.3 Å². The van der Waals surface area contributed by atoms with Gasteiger partial charge in [0.1, 0.15) is 0 Å². The quantitative estimate of drug-likeness (QED) is 0.710. The number of hydrogen-bond donors (Lipinski definition) is 1. The fourth-order valence-corrected chi connectivity index (χ4v) is 2.28. The number of amides is 1. The number of para-hydroxylation sites is 1. The first-order chi connectivity index (χ1) is 10.8. The van der Waals surface area contributed by atoms with Crippen LogP contribution in [0.15, 0.2) is 47.4 Å². The largest absolute Gasteiger partial charge is 0.493 e. The van der Waals surface area contributed by atoms with Crippen LogP contribution >= 0.6 is 0 Å². The van der Waals surface area contributed by atoms with E-state index in [0.717, 1.165) is 18.4 Å². The lowest BCUT2D eigenvalue weighted by molar-refractivity contribution is 0.0927. The van der Waals surface area contributed by atoms with Crippen LogP contribution in [0.4, 0.5) is 0 Å². The number of imidazole rings is 1. The monoisotopic (exact) mass is 299 g/mol. The first-order valence-electron chi connectivity index (χ1n) is 7.08. The van der Waals surface area contributed by atoms with Crippen molar-refractivity contribution in [2.45, 2.75) is 13.0 Å². The summed E-state index contributed by atoms with van der Waals surface area (Å²) in [6.07, 6.45) is 6.21. The summed E-state index contributed by atoms with van der Waals surface area (Å²) >= 11 is 0. The number of nitrogens with zero attached hydrogens (tertiary/aromatic N) is 2. The molecular formula is C16H17N3O3. The zero-order valence-electron chi connectivity index (χ0n) is 12.3. The van der Waals surface area contributed by atoms with Gasteiger partial charge in [0.15, 0.2) is 17.1 Å². The Morgan fingerprint density at radius 3 is 3.14 bits per heavy atom. The number of rotatable bonds is 6. The predicted molar refractivity (Wildman–Crippen MR) is 81.9 cm³/mol. The highest BCUT2D eigenvalue weighted by Gasteiger charge is 2.14. The molecule has 1 aromatic carbocycles. The van der Waals surface area contributed by atoms with Crippen LogP contribution in [0.5, 0.6) is 5.75 Å². The van der Waals surface area contributed by atoms with Gasteiger partial charge < -0.3 is 19.0 Å². The van der Waals surface area contributed by atoms with Crippen molar-refractivity contribution in [3.05, 3.63) is 48.7 Å². The molecule has 0 fully saturated rings. The number of nitrogens with one attached hydrogen (secondary N) is 1. The molecule has 0 unspecified atom stereocenters. The Bertz CT molecular complexity index is 762. The summed E-state index contributed by atoms with van der Waals surface area (Å²) < 4.78 is 12.8. The Hall–Kier alpha value is -2.76. The third-order valence-corrected chi connectivity index (χ3v) is 3.39. The second-order valence-electron chi connectivity index (χ2n) is 4.90. The average Bonchev–Trinajstić information content (AvgIpc) is 3.19. The van der Waals surface area contributed by atoms with Crippen LogP contribution < -0.4 is 10.1 Å². The minimum Gasteiger partial charge on any atom is -0.493 e. The van der Waals surface area contributed by atoms with Gasteiger partial charge in [-0.25, -0.2) is 4.98 Å². The summed E-state index contributed by atoms with van der Waals surface area (Å²) in [6.45, 7) is 1.39. The standard InChI is InChI=1S/C16H17N3O3/c1-21-13-5-2-4-12-10-14(22-15(12)13)16(20)18-6-3-8-19-9-7-17-11-19/h2,4-5,7,9-11H,3,6,8H2,1H3,(H,18,20). The number of aromatic nitrogens is 2. The second kappa shape index (κ2) is 6.34. The average molecular weight is 299 g/mol. The van der Waals surface area contributed by atoms with E-state index >= 15 is 0 Å². The molecule has 1 amide bonds. The maximum absolute atomic E-state index is 12.1. The molecule has 0 aliphatic heterocycles. The number of benzene rings is 1.